The standard InChI is InChI=1S/C14H18N2O5/c1-8-4-5-11(6-9(8)2)20-7-12(17)21-10(3)13(18)16-14(15)19/h4-6,10H,7H2,1-3H3,(H3,15,16,18,19)/t10-/m0/s1. The molecule has 0 saturated carbocycles. The highest BCUT2D eigenvalue weighted by molar-refractivity contribution is 5.96. The minimum absolute atomic E-state index is 0.337. The second-order valence-electron chi connectivity index (χ2n) is 4.52. The number of rotatable bonds is 5. The number of carbonyl (C=O) groups is 3. The highest BCUT2D eigenvalue weighted by Gasteiger charge is 2.19. The molecule has 1 atom stereocenters. The Labute approximate surface area is 122 Å². The van der Waals surface area contributed by atoms with Crippen LogP contribution in [0.2, 0.25) is 0 Å². The highest BCUT2D eigenvalue weighted by atomic mass is 16.6. The van der Waals surface area contributed by atoms with Gasteiger partial charge in [0, 0.05) is 0 Å². The molecule has 0 bridgehead atoms. The van der Waals surface area contributed by atoms with E-state index >= 15 is 0 Å². The predicted octanol–water partition coefficient (Wildman–Crippen LogP) is 0.809. The molecule has 7 heteroatoms. The molecule has 0 radical (unpaired) electrons. The van der Waals surface area contributed by atoms with Gasteiger partial charge in [0.15, 0.2) is 12.7 Å². The number of aryl methyl sites for hydroxylation is 2. The third kappa shape index (κ3) is 5.52. The van der Waals surface area contributed by atoms with E-state index in [4.69, 9.17) is 15.2 Å². The minimum Gasteiger partial charge on any atom is -0.482 e. The number of amides is 3. The molecule has 3 amide bonds. The van der Waals surface area contributed by atoms with Crippen molar-refractivity contribution in [2.24, 2.45) is 5.73 Å². The molecule has 0 aliphatic rings. The lowest BCUT2D eigenvalue weighted by Crippen LogP contribution is -2.42. The van der Waals surface area contributed by atoms with Crippen molar-refractivity contribution in [3.05, 3.63) is 29.3 Å². The largest absolute Gasteiger partial charge is 0.482 e. The Hall–Kier alpha value is -2.57. The van der Waals surface area contributed by atoms with Gasteiger partial charge < -0.3 is 15.2 Å². The summed E-state index contributed by atoms with van der Waals surface area (Å²) in [6.07, 6.45) is -1.13. The average Bonchev–Trinajstić information content (AvgIpc) is 2.39. The van der Waals surface area contributed by atoms with Crippen LogP contribution in [0.5, 0.6) is 5.75 Å². The molecule has 0 aliphatic carbocycles. The van der Waals surface area contributed by atoms with Gasteiger partial charge in [-0.15, -0.1) is 0 Å². The van der Waals surface area contributed by atoms with E-state index < -0.39 is 24.0 Å². The van der Waals surface area contributed by atoms with Crippen LogP contribution in [0, 0.1) is 13.8 Å². The number of esters is 1. The zero-order valence-electron chi connectivity index (χ0n) is 12.1. The van der Waals surface area contributed by atoms with Gasteiger partial charge in [-0.05, 0) is 44.0 Å². The maximum Gasteiger partial charge on any atom is 0.344 e. The van der Waals surface area contributed by atoms with E-state index in [9.17, 15) is 14.4 Å². The first-order chi connectivity index (χ1) is 9.79. The van der Waals surface area contributed by atoms with Crippen molar-refractivity contribution in [1.29, 1.82) is 0 Å². The smallest absolute Gasteiger partial charge is 0.344 e. The van der Waals surface area contributed by atoms with Gasteiger partial charge in [-0.2, -0.15) is 0 Å². The molecule has 21 heavy (non-hydrogen) atoms. The number of hydrogen-bond acceptors (Lipinski definition) is 5. The number of nitrogens with one attached hydrogen (secondary N) is 1. The Morgan fingerprint density at radius 3 is 2.48 bits per heavy atom. The van der Waals surface area contributed by atoms with Crippen LogP contribution in [-0.4, -0.2) is 30.6 Å². The fraction of sp³-hybridized carbons (Fsp3) is 0.357. The summed E-state index contributed by atoms with van der Waals surface area (Å²) in [5, 5.41) is 1.82. The van der Waals surface area contributed by atoms with Gasteiger partial charge in [0.25, 0.3) is 5.91 Å². The monoisotopic (exact) mass is 294 g/mol. The van der Waals surface area contributed by atoms with E-state index in [0.717, 1.165) is 11.1 Å². The van der Waals surface area contributed by atoms with Crippen LogP contribution in [0.25, 0.3) is 0 Å². The first kappa shape index (κ1) is 16.5. The minimum atomic E-state index is -1.13. The van der Waals surface area contributed by atoms with Crippen molar-refractivity contribution in [2.75, 3.05) is 6.61 Å². The quantitative estimate of drug-likeness (QED) is 0.781. The van der Waals surface area contributed by atoms with E-state index in [-0.39, 0.29) is 6.61 Å². The summed E-state index contributed by atoms with van der Waals surface area (Å²) in [7, 11) is 0. The Morgan fingerprint density at radius 1 is 1.24 bits per heavy atom. The summed E-state index contributed by atoms with van der Waals surface area (Å²) in [4.78, 5) is 33.3. The Balaban J connectivity index is 2.45. The van der Waals surface area contributed by atoms with E-state index in [1.165, 1.54) is 6.92 Å². The van der Waals surface area contributed by atoms with Gasteiger partial charge in [-0.1, -0.05) is 6.07 Å². The van der Waals surface area contributed by atoms with Gasteiger partial charge in [0.2, 0.25) is 0 Å². The number of primary amides is 1. The summed E-state index contributed by atoms with van der Waals surface area (Å²) in [5.41, 5.74) is 6.94. The highest BCUT2D eigenvalue weighted by Crippen LogP contribution is 2.16. The van der Waals surface area contributed by atoms with Gasteiger partial charge in [-0.25, -0.2) is 9.59 Å². The Kier molecular flexibility index (Phi) is 5.71. The lowest BCUT2D eigenvalue weighted by atomic mass is 10.1. The number of imide groups is 1. The second-order valence-corrected chi connectivity index (χ2v) is 4.52. The summed E-state index contributed by atoms with van der Waals surface area (Å²) < 4.78 is 10.1. The van der Waals surface area contributed by atoms with Crippen LogP contribution in [0.3, 0.4) is 0 Å². The maximum atomic E-state index is 11.5. The fourth-order valence-corrected chi connectivity index (χ4v) is 1.45. The van der Waals surface area contributed by atoms with Gasteiger partial charge in [-0.3, -0.25) is 10.1 Å². The van der Waals surface area contributed by atoms with Crippen molar-refractivity contribution in [2.45, 2.75) is 26.9 Å². The van der Waals surface area contributed by atoms with Crippen molar-refractivity contribution in [3.8, 4) is 5.75 Å². The lowest BCUT2D eigenvalue weighted by molar-refractivity contribution is -0.156. The van der Waals surface area contributed by atoms with Gasteiger partial charge >= 0.3 is 12.0 Å². The molecule has 1 aromatic carbocycles. The number of nitrogens with two attached hydrogens (primary N) is 1. The number of benzene rings is 1. The first-order valence-electron chi connectivity index (χ1n) is 6.29. The Bertz CT molecular complexity index is 556. The van der Waals surface area contributed by atoms with Crippen molar-refractivity contribution in [1.82, 2.24) is 5.32 Å². The van der Waals surface area contributed by atoms with E-state index in [1.807, 2.05) is 25.2 Å². The molecular formula is C14H18N2O5. The molecule has 0 aromatic heterocycles. The van der Waals surface area contributed by atoms with Crippen LogP contribution < -0.4 is 15.8 Å². The molecular weight excluding hydrogens is 276 g/mol. The molecule has 3 N–H and O–H groups in total. The van der Waals surface area contributed by atoms with Crippen molar-refractivity contribution >= 4 is 17.9 Å². The average molecular weight is 294 g/mol. The SMILES string of the molecule is Cc1ccc(OCC(=O)O[C@@H](C)C(=O)NC(N)=O)cc1C. The summed E-state index contributed by atoms with van der Waals surface area (Å²) in [6.45, 7) is 4.88. The van der Waals surface area contributed by atoms with Crippen molar-refractivity contribution in [3.63, 3.8) is 0 Å². The number of ether oxygens (including phenoxy) is 2. The van der Waals surface area contributed by atoms with Gasteiger partial charge in [0.1, 0.15) is 5.75 Å². The molecule has 0 fully saturated rings. The van der Waals surface area contributed by atoms with E-state index in [0.29, 0.717) is 5.75 Å². The number of carbonyl (C=O) groups excluding carboxylic acids is 3. The van der Waals surface area contributed by atoms with Crippen molar-refractivity contribution < 1.29 is 23.9 Å². The van der Waals surface area contributed by atoms with Gasteiger partial charge in [0.05, 0.1) is 0 Å². The molecule has 0 aliphatic heterocycles. The molecule has 1 rings (SSSR count). The zero-order valence-corrected chi connectivity index (χ0v) is 12.1. The maximum absolute atomic E-state index is 11.5. The Morgan fingerprint density at radius 2 is 1.90 bits per heavy atom. The van der Waals surface area contributed by atoms with Crippen LogP contribution in [0.4, 0.5) is 4.79 Å². The van der Waals surface area contributed by atoms with E-state index in [1.54, 1.807) is 12.1 Å². The normalized spacial score (nSPS) is 11.4. The molecule has 0 unspecified atom stereocenters. The molecule has 0 saturated heterocycles. The molecule has 7 nitrogen and oxygen atoms in total. The van der Waals surface area contributed by atoms with Crippen LogP contribution in [-0.2, 0) is 14.3 Å². The lowest BCUT2D eigenvalue weighted by Gasteiger charge is -2.12. The summed E-state index contributed by atoms with van der Waals surface area (Å²) >= 11 is 0. The number of urea groups is 1. The molecule has 114 valence electrons. The molecule has 1 aromatic rings. The topological polar surface area (TPSA) is 108 Å². The zero-order chi connectivity index (χ0) is 16.0. The predicted molar refractivity (Wildman–Crippen MR) is 74.7 cm³/mol. The van der Waals surface area contributed by atoms with Crippen LogP contribution >= 0.6 is 0 Å². The van der Waals surface area contributed by atoms with Crippen LogP contribution in [0.15, 0.2) is 18.2 Å². The first-order valence-corrected chi connectivity index (χ1v) is 6.29. The third-order valence-corrected chi connectivity index (χ3v) is 2.76. The molecule has 0 spiro atoms. The number of hydrogen-bond donors (Lipinski definition) is 2. The van der Waals surface area contributed by atoms with E-state index in [2.05, 4.69) is 0 Å². The van der Waals surface area contributed by atoms with Crippen LogP contribution in [0.1, 0.15) is 18.1 Å². The summed E-state index contributed by atoms with van der Waals surface area (Å²) in [6, 6.07) is 4.40. The third-order valence-electron chi connectivity index (χ3n) is 2.76. The second kappa shape index (κ2) is 7.28. The fourth-order valence-electron chi connectivity index (χ4n) is 1.45. The summed E-state index contributed by atoms with van der Waals surface area (Å²) in [5.74, 6) is -0.980. The molecule has 0 heterocycles.